The molecule has 0 aliphatic heterocycles. The standard InChI is InChI=1S/C14H17FN2O3/c15-11-5-1-9(2-6-11)7-16-12(18)8-17-13(14(19)20)10-3-4-10/h1-2,5-6,10,13,17H,3-4,7-8H2,(H,16,18)(H,19,20). The highest BCUT2D eigenvalue weighted by molar-refractivity contribution is 5.80. The molecule has 6 heteroatoms. The van der Waals surface area contributed by atoms with Crippen LogP contribution in [0.15, 0.2) is 24.3 Å². The minimum absolute atomic E-state index is 0.0331. The van der Waals surface area contributed by atoms with Gasteiger partial charge in [0.15, 0.2) is 0 Å². The van der Waals surface area contributed by atoms with Gasteiger partial charge < -0.3 is 10.4 Å². The Hall–Kier alpha value is -1.95. The summed E-state index contributed by atoms with van der Waals surface area (Å²) in [4.78, 5) is 22.6. The SMILES string of the molecule is O=C(CNC(C(=O)O)C1CC1)NCc1ccc(F)cc1. The van der Waals surface area contributed by atoms with Crippen LogP contribution in [-0.2, 0) is 16.1 Å². The third-order valence-electron chi connectivity index (χ3n) is 3.24. The van der Waals surface area contributed by atoms with Crippen molar-refractivity contribution in [1.82, 2.24) is 10.6 Å². The average Bonchev–Trinajstić information content (AvgIpc) is 3.22. The lowest BCUT2D eigenvalue weighted by atomic mass is 10.2. The summed E-state index contributed by atoms with van der Waals surface area (Å²) in [7, 11) is 0. The normalized spacial score (nSPS) is 15.7. The highest BCUT2D eigenvalue weighted by atomic mass is 19.1. The summed E-state index contributed by atoms with van der Waals surface area (Å²) in [6.07, 6.45) is 1.78. The van der Waals surface area contributed by atoms with Crippen LogP contribution in [0.2, 0.25) is 0 Å². The fourth-order valence-corrected chi connectivity index (χ4v) is 1.95. The number of benzene rings is 1. The van der Waals surface area contributed by atoms with Crippen LogP contribution < -0.4 is 10.6 Å². The molecular weight excluding hydrogens is 263 g/mol. The van der Waals surface area contributed by atoms with Gasteiger partial charge in [-0.05, 0) is 36.5 Å². The molecule has 5 nitrogen and oxygen atoms in total. The molecule has 20 heavy (non-hydrogen) atoms. The third-order valence-corrected chi connectivity index (χ3v) is 3.24. The Labute approximate surface area is 116 Å². The van der Waals surface area contributed by atoms with Gasteiger partial charge in [0.25, 0.3) is 0 Å². The highest BCUT2D eigenvalue weighted by Crippen LogP contribution is 2.32. The second-order valence-corrected chi connectivity index (χ2v) is 4.94. The van der Waals surface area contributed by atoms with E-state index in [2.05, 4.69) is 10.6 Å². The van der Waals surface area contributed by atoms with Gasteiger partial charge in [-0.25, -0.2) is 4.39 Å². The van der Waals surface area contributed by atoms with Crippen LogP contribution in [0.5, 0.6) is 0 Å². The number of halogens is 1. The lowest BCUT2D eigenvalue weighted by molar-refractivity contribution is -0.140. The molecule has 0 saturated heterocycles. The zero-order valence-corrected chi connectivity index (χ0v) is 10.9. The quantitative estimate of drug-likeness (QED) is 0.693. The average molecular weight is 280 g/mol. The Morgan fingerprint density at radius 2 is 1.95 bits per heavy atom. The van der Waals surface area contributed by atoms with E-state index in [0.717, 1.165) is 18.4 Å². The molecule has 1 amide bonds. The minimum atomic E-state index is -0.918. The number of amides is 1. The largest absolute Gasteiger partial charge is 0.480 e. The molecule has 0 aromatic heterocycles. The van der Waals surface area contributed by atoms with E-state index in [1.807, 2.05) is 0 Å². The topological polar surface area (TPSA) is 78.4 Å². The molecule has 1 aromatic rings. The number of rotatable bonds is 7. The number of carbonyl (C=O) groups excluding carboxylic acids is 1. The zero-order chi connectivity index (χ0) is 14.5. The van der Waals surface area contributed by atoms with Gasteiger partial charge in [0.05, 0.1) is 6.54 Å². The lowest BCUT2D eigenvalue weighted by Crippen LogP contribution is -2.44. The molecule has 0 heterocycles. The summed E-state index contributed by atoms with van der Waals surface area (Å²) < 4.78 is 12.7. The van der Waals surface area contributed by atoms with Crippen molar-refractivity contribution in [3.8, 4) is 0 Å². The number of carboxylic acids is 1. The maximum atomic E-state index is 12.7. The van der Waals surface area contributed by atoms with E-state index < -0.39 is 12.0 Å². The van der Waals surface area contributed by atoms with Crippen LogP contribution in [0.4, 0.5) is 4.39 Å². The number of carboxylic acid groups (broad SMARTS) is 1. The second-order valence-electron chi connectivity index (χ2n) is 4.94. The van der Waals surface area contributed by atoms with Crippen molar-refractivity contribution in [3.63, 3.8) is 0 Å². The number of hydrogen-bond donors (Lipinski definition) is 3. The van der Waals surface area contributed by atoms with Gasteiger partial charge in [-0.3, -0.25) is 14.9 Å². The van der Waals surface area contributed by atoms with Crippen LogP contribution in [-0.4, -0.2) is 29.6 Å². The molecule has 0 spiro atoms. The second kappa shape index (κ2) is 6.47. The molecule has 108 valence electrons. The first-order valence-electron chi connectivity index (χ1n) is 6.53. The van der Waals surface area contributed by atoms with E-state index in [1.54, 1.807) is 12.1 Å². The van der Waals surface area contributed by atoms with Crippen molar-refractivity contribution in [3.05, 3.63) is 35.6 Å². The fourth-order valence-electron chi connectivity index (χ4n) is 1.95. The van der Waals surface area contributed by atoms with E-state index in [4.69, 9.17) is 5.11 Å². The van der Waals surface area contributed by atoms with Crippen LogP contribution >= 0.6 is 0 Å². The molecule has 1 fully saturated rings. The first-order valence-corrected chi connectivity index (χ1v) is 6.53. The zero-order valence-electron chi connectivity index (χ0n) is 10.9. The van der Waals surface area contributed by atoms with Gasteiger partial charge in [-0.1, -0.05) is 12.1 Å². The smallest absolute Gasteiger partial charge is 0.320 e. The molecule has 1 aromatic carbocycles. The van der Waals surface area contributed by atoms with E-state index >= 15 is 0 Å². The number of hydrogen-bond acceptors (Lipinski definition) is 3. The first kappa shape index (κ1) is 14.5. The lowest BCUT2D eigenvalue weighted by Gasteiger charge is -2.13. The van der Waals surface area contributed by atoms with E-state index in [1.165, 1.54) is 12.1 Å². The van der Waals surface area contributed by atoms with Gasteiger partial charge in [-0.15, -0.1) is 0 Å². The molecule has 0 bridgehead atoms. The van der Waals surface area contributed by atoms with Crippen molar-refractivity contribution < 1.29 is 19.1 Å². The molecule has 1 aliphatic carbocycles. The van der Waals surface area contributed by atoms with Gasteiger partial charge in [0, 0.05) is 6.54 Å². The van der Waals surface area contributed by atoms with E-state index in [9.17, 15) is 14.0 Å². The summed E-state index contributed by atoms with van der Waals surface area (Å²) in [6, 6.07) is 5.19. The monoisotopic (exact) mass is 280 g/mol. The van der Waals surface area contributed by atoms with Crippen molar-refractivity contribution in [2.75, 3.05) is 6.54 Å². The molecule has 3 N–H and O–H groups in total. The molecular formula is C14H17FN2O3. The maximum absolute atomic E-state index is 12.7. The molecule has 0 radical (unpaired) electrons. The highest BCUT2D eigenvalue weighted by Gasteiger charge is 2.36. The Morgan fingerprint density at radius 3 is 2.50 bits per heavy atom. The maximum Gasteiger partial charge on any atom is 0.320 e. The Morgan fingerprint density at radius 1 is 1.30 bits per heavy atom. The Bertz CT molecular complexity index is 486. The predicted molar refractivity (Wildman–Crippen MR) is 70.4 cm³/mol. The van der Waals surface area contributed by atoms with Gasteiger partial charge in [0.2, 0.25) is 5.91 Å². The molecule has 1 saturated carbocycles. The Balaban J connectivity index is 1.72. The molecule has 2 rings (SSSR count). The summed E-state index contributed by atoms with van der Waals surface area (Å²) in [5, 5.41) is 14.4. The predicted octanol–water partition coefficient (Wildman–Crippen LogP) is 0.895. The van der Waals surface area contributed by atoms with Crippen LogP contribution in [0.25, 0.3) is 0 Å². The fraction of sp³-hybridized carbons (Fsp3) is 0.429. The van der Waals surface area contributed by atoms with E-state index in [-0.39, 0.29) is 24.2 Å². The first-order chi connectivity index (χ1) is 9.56. The van der Waals surface area contributed by atoms with Crippen molar-refractivity contribution >= 4 is 11.9 Å². The van der Waals surface area contributed by atoms with Gasteiger partial charge >= 0.3 is 5.97 Å². The van der Waals surface area contributed by atoms with E-state index in [0.29, 0.717) is 6.54 Å². The summed E-state index contributed by atoms with van der Waals surface area (Å²) >= 11 is 0. The number of carbonyl (C=O) groups is 2. The summed E-state index contributed by atoms with van der Waals surface area (Å²) in [5.41, 5.74) is 0.789. The van der Waals surface area contributed by atoms with Crippen molar-refractivity contribution in [2.45, 2.75) is 25.4 Å². The van der Waals surface area contributed by atoms with Gasteiger partial charge in [0.1, 0.15) is 11.9 Å². The van der Waals surface area contributed by atoms with Crippen molar-refractivity contribution in [1.29, 1.82) is 0 Å². The summed E-state index contributed by atoms with van der Waals surface area (Å²) in [6.45, 7) is 0.261. The summed E-state index contributed by atoms with van der Waals surface area (Å²) in [5.74, 6) is -1.38. The molecule has 1 unspecified atom stereocenters. The van der Waals surface area contributed by atoms with Crippen LogP contribution in [0.3, 0.4) is 0 Å². The minimum Gasteiger partial charge on any atom is -0.480 e. The van der Waals surface area contributed by atoms with Crippen LogP contribution in [0.1, 0.15) is 18.4 Å². The third kappa shape index (κ3) is 4.31. The number of aliphatic carboxylic acids is 1. The van der Waals surface area contributed by atoms with Gasteiger partial charge in [-0.2, -0.15) is 0 Å². The van der Waals surface area contributed by atoms with Crippen LogP contribution in [0, 0.1) is 11.7 Å². The number of nitrogens with one attached hydrogen (secondary N) is 2. The molecule has 1 aliphatic rings. The Kier molecular flexibility index (Phi) is 4.68. The van der Waals surface area contributed by atoms with Crippen molar-refractivity contribution in [2.24, 2.45) is 5.92 Å². The molecule has 1 atom stereocenters.